The van der Waals surface area contributed by atoms with E-state index in [1.165, 1.54) is 6.07 Å². The van der Waals surface area contributed by atoms with Crippen LogP contribution >= 0.6 is 15.9 Å². The molecule has 1 heterocycles. The van der Waals surface area contributed by atoms with Gasteiger partial charge in [-0.1, -0.05) is 6.07 Å². The summed E-state index contributed by atoms with van der Waals surface area (Å²) in [5.74, 6) is -0.333. The first kappa shape index (κ1) is 8.56. The van der Waals surface area contributed by atoms with Crippen LogP contribution in [0.3, 0.4) is 0 Å². The Morgan fingerprint density at radius 1 is 1.31 bits per heavy atom. The minimum atomic E-state index is -0.333. The standard InChI is InChI=1S/C9H6BrFN2/c1-5-9(10)13-7-4-2-3-6(11)8(7)12-5/h2-4H,1H3. The van der Waals surface area contributed by atoms with Crippen LogP contribution in [0.5, 0.6) is 0 Å². The molecular weight excluding hydrogens is 235 g/mol. The summed E-state index contributed by atoms with van der Waals surface area (Å²) >= 11 is 3.24. The molecule has 66 valence electrons. The summed E-state index contributed by atoms with van der Waals surface area (Å²) in [5, 5.41) is 0. The lowest BCUT2D eigenvalue weighted by Gasteiger charge is -2.00. The van der Waals surface area contributed by atoms with Crippen LogP contribution in [-0.2, 0) is 0 Å². The topological polar surface area (TPSA) is 25.8 Å². The van der Waals surface area contributed by atoms with Gasteiger partial charge in [-0.15, -0.1) is 0 Å². The van der Waals surface area contributed by atoms with Gasteiger partial charge in [-0.2, -0.15) is 0 Å². The van der Waals surface area contributed by atoms with Crippen LogP contribution in [0.15, 0.2) is 22.8 Å². The van der Waals surface area contributed by atoms with Crippen molar-refractivity contribution < 1.29 is 4.39 Å². The van der Waals surface area contributed by atoms with Crippen molar-refractivity contribution in [2.75, 3.05) is 0 Å². The molecule has 0 spiro atoms. The fraction of sp³-hybridized carbons (Fsp3) is 0.111. The fourth-order valence-electron chi connectivity index (χ4n) is 1.11. The van der Waals surface area contributed by atoms with E-state index in [2.05, 4.69) is 25.9 Å². The second-order valence-corrected chi connectivity index (χ2v) is 3.46. The number of rotatable bonds is 0. The molecule has 0 N–H and O–H groups in total. The number of fused-ring (bicyclic) bond motifs is 1. The summed E-state index contributed by atoms with van der Waals surface area (Å²) in [5.41, 5.74) is 1.58. The molecule has 0 unspecified atom stereocenters. The maximum atomic E-state index is 13.2. The van der Waals surface area contributed by atoms with E-state index in [4.69, 9.17) is 0 Å². The number of halogens is 2. The van der Waals surface area contributed by atoms with E-state index < -0.39 is 0 Å². The van der Waals surface area contributed by atoms with Gasteiger partial charge < -0.3 is 0 Å². The second kappa shape index (κ2) is 3.03. The molecule has 1 aromatic heterocycles. The van der Waals surface area contributed by atoms with Gasteiger partial charge in [0.25, 0.3) is 0 Å². The summed E-state index contributed by atoms with van der Waals surface area (Å²) in [6.07, 6.45) is 0. The largest absolute Gasteiger partial charge is 0.246 e. The highest BCUT2D eigenvalue weighted by Crippen LogP contribution is 2.18. The summed E-state index contributed by atoms with van der Waals surface area (Å²) in [6, 6.07) is 4.73. The van der Waals surface area contributed by atoms with E-state index in [-0.39, 0.29) is 5.82 Å². The van der Waals surface area contributed by atoms with Crippen molar-refractivity contribution in [1.29, 1.82) is 0 Å². The molecule has 0 aliphatic heterocycles. The predicted octanol–water partition coefficient (Wildman–Crippen LogP) is 2.84. The first-order chi connectivity index (χ1) is 6.18. The summed E-state index contributed by atoms with van der Waals surface area (Å²) in [6.45, 7) is 1.78. The molecule has 0 saturated carbocycles. The molecule has 0 aliphatic carbocycles. The Hall–Kier alpha value is -1.03. The normalized spacial score (nSPS) is 10.7. The number of hydrogen-bond donors (Lipinski definition) is 0. The van der Waals surface area contributed by atoms with Crippen molar-refractivity contribution in [3.8, 4) is 0 Å². The molecule has 0 fully saturated rings. The minimum absolute atomic E-state index is 0.322. The van der Waals surface area contributed by atoms with E-state index in [0.29, 0.717) is 21.3 Å². The smallest absolute Gasteiger partial charge is 0.151 e. The Kier molecular flexibility index (Phi) is 2.00. The van der Waals surface area contributed by atoms with E-state index >= 15 is 0 Å². The van der Waals surface area contributed by atoms with Gasteiger partial charge in [0, 0.05) is 0 Å². The third kappa shape index (κ3) is 1.42. The van der Waals surface area contributed by atoms with Gasteiger partial charge in [0.1, 0.15) is 10.1 Å². The van der Waals surface area contributed by atoms with Crippen LogP contribution in [0.4, 0.5) is 4.39 Å². The van der Waals surface area contributed by atoms with E-state index in [0.717, 1.165) is 0 Å². The molecule has 0 saturated heterocycles. The molecule has 2 aromatic rings. The fourth-order valence-corrected chi connectivity index (χ4v) is 1.39. The van der Waals surface area contributed by atoms with Crippen molar-refractivity contribution in [3.05, 3.63) is 34.3 Å². The van der Waals surface area contributed by atoms with E-state index in [9.17, 15) is 4.39 Å². The first-order valence-corrected chi connectivity index (χ1v) is 4.56. The SMILES string of the molecule is Cc1nc2c(F)cccc2nc1Br. The van der Waals surface area contributed by atoms with Crippen molar-refractivity contribution in [2.45, 2.75) is 6.92 Å². The number of benzene rings is 1. The Balaban J connectivity index is 2.89. The van der Waals surface area contributed by atoms with Crippen molar-refractivity contribution in [3.63, 3.8) is 0 Å². The Morgan fingerprint density at radius 3 is 2.85 bits per heavy atom. The number of hydrogen-bond acceptors (Lipinski definition) is 2. The quantitative estimate of drug-likeness (QED) is 0.708. The molecule has 0 bridgehead atoms. The van der Waals surface area contributed by atoms with Crippen LogP contribution in [-0.4, -0.2) is 9.97 Å². The third-order valence-corrected chi connectivity index (χ3v) is 2.51. The molecule has 4 heteroatoms. The van der Waals surface area contributed by atoms with Gasteiger partial charge in [0.05, 0.1) is 11.2 Å². The van der Waals surface area contributed by atoms with Gasteiger partial charge in [-0.05, 0) is 35.0 Å². The Labute approximate surface area is 83.0 Å². The molecule has 13 heavy (non-hydrogen) atoms. The lowest BCUT2D eigenvalue weighted by molar-refractivity contribution is 0.636. The maximum absolute atomic E-state index is 13.2. The molecule has 0 radical (unpaired) electrons. The number of aromatic nitrogens is 2. The van der Waals surface area contributed by atoms with Crippen LogP contribution in [0.25, 0.3) is 11.0 Å². The first-order valence-electron chi connectivity index (χ1n) is 3.77. The third-order valence-electron chi connectivity index (χ3n) is 1.76. The highest BCUT2D eigenvalue weighted by atomic mass is 79.9. The van der Waals surface area contributed by atoms with Crippen LogP contribution in [0, 0.1) is 12.7 Å². The molecule has 2 nitrogen and oxygen atoms in total. The summed E-state index contributed by atoms with van der Waals surface area (Å²) in [7, 11) is 0. The average Bonchev–Trinajstić information content (AvgIpc) is 2.09. The molecule has 1 aromatic carbocycles. The number of para-hydroxylation sites is 1. The minimum Gasteiger partial charge on any atom is -0.246 e. The van der Waals surface area contributed by atoms with Gasteiger partial charge in [0.15, 0.2) is 5.82 Å². The van der Waals surface area contributed by atoms with Crippen molar-refractivity contribution in [1.82, 2.24) is 9.97 Å². The highest BCUT2D eigenvalue weighted by molar-refractivity contribution is 9.10. The zero-order chi connectivity index (χ0) is 9.42. The van der Waals surface area contributed by atoms with E-state index in [1.807, 2.05) is 0 Å². The number of nitrogens with zero attached hydrogens (tertiary/aromatic N) is 2. The monoisotopic (exact) mass is 240 g/mol. The molecule has 0 atom stereocenters. The van der Waals surface area contributed by atoms with Crippen LogP contribution < -0.4 is 0 Å². The van der Waals surface area contributed by atoms with E-state index in [1.54, 1.807) is 19.1 Å². The maximum Gasteiger partial charge on any atom is 0.151 e. The van der Waals surface area contributed by atoms with Crippen LogP contribution in [0.2, 0.25) is 0 Å². The lowest BCUT2D eigenvalue weighted by atomic mass is 10.3. The molecule has 0 amide bonds. The van der Waals surface area contributed by atoms with Gasteiger partial charge in [0.2, 0.25) is 0 Å². The van der Waals surface area contributed by atoms with Crippen LogP contribution in [0.1, 0.15) is 5.69 Å². The zero-order valence-electron chi connectivity index (χ0n) is 6.88. The number of aryl methyl sites for hydroxylation is 1. The predicted molar refractivity (Wildman–Crippen MR) is 51.9 cm³/mol. The molecule has 0 aliphatic rings. The average molecular weight is 241 g/mol. The van der Waals surface area contributed by atoms with Gasteiger partial charge >= 0.3 is 0 Å². The van der Waals surface area contributed by atoms with Crippen molar-refractivity contribution in [2.24, 2.45) is 0 Å². The summed E-state index contributed by atoms with van der Waals surface area (Å²) < 4.78 is 13.8. The summed E-state index contributed by atoms with van der Waals surface area (Å²) in [4.78, 5) is 8.24. The Morgan fingerprint density at radius 2 is 2.08 bits per heavy atom. The molecule has 2 rings (SSSR count). The molecular formula is C9H6BrFN2. The lowest BCUT2D eigenvalue weighted by Crippen LogP contribution is -1.92. The highest BCUT2D eigenvalue weighted by Gasteiger charge is 2.05. The Bertz CT molecular complexity index is 470. The second-order valence-electron chi connectivity index (χ2n) is 2.71. The van der Waals surface area contributed by atoms with Gasteiger partial charge in [-0.25, -0.2) is 14.4 Å². The van der Waals surface area contributed by atoms with Gasteiger partial charge in [-0.3, -0.25) is 0 Å². The zero-order valence-corrected chi connectivity index (χ0v) is 8.47. The van der Waals surface area contributed by atoms with Crippen molar-refractivity contribution >= 4 is 27.0 Å².